The molecule has 1 atom stereocenters. The SMILES string of the molecule is COc1ccc([C@@H]2CCCN2CC(=O)N2CCNC(=O)C2)cc1. The highest BCUT2D eigenvalue weighted by atomic mass is 16.5. The van der Waals surface area contributed by atoms with Crippen LogP contribution >= 0.6 is 0 Å². The van der Waals surface area contributed by atoms with Crippen molar-refractivity contribution in [2.45, 2.75) is 18.9 Å². The zero-order chi connectivity index (χ0) is 16.2. The summed E-state index contributed by atoms with van der Waals surface area (Å²) in [6.45, 7) is 2.63. The third kappa shape index (κ3) is 3.64. The Morgan fingerprint density at radius 3 is 2.78 bits per heavy atom. The first-order chi connectivity index (χ1) is 11.2. The summed E-state index contributed by atoms with van der Waals surface area (Å²) in [4.78, 5) is 27.8. The van der Waals surface area contributed by atoms with E-state index in [2.05, 4.69) is 22.3 Å². The van der Waals surface area contributed by atoms with Crippen molar-refractivity contribution in [2.75, 3.05) is 39.8 Å². The molecular weight excluding hydrogens is 294 g/mol. The highest BCUT2D eigenvalue weighted by molar-refractivity contribution is 5.86. The summed E-state index contributed by atoms with van der Waals surface area (Å²) in [7, 11) is 1.66. The highest BCUT2D eigenvalue weighted by Gasteiger charge is 2.30. The number of hydrogen-bond acceptors (Lipinski definition) is 4. The molecule has 2 saturated heterocycles. The van der Waals surface area contributed by atoms with Gasteiger partial charge in [0.05, 0.1) is 20.2 Å². The number of piperazine rings is 1. The molecule has 2 fully saturated rings. The van der Waals surface area contributed by atoms with Gasteiger partial charge in [-0.3, -0.25) is 14.5 Å². The van der Waals surface area contributed by atoms with Crippen molar-refractivity contribution < 1.29 is 14.3 Å². The zero-order valence-electron chi connectivity index (χ0n) is 13.5. The van der Waals surface area contributed by atoms with Crippen LogP contribution in [0, 0.1) is 0 Å². The van der Waals surface area contributed by atoms with Crippen LogP contribution in [0.4, 0.5) is 0 Å². The fourth-order valence-corrected chi connectivity index (χ4v) is 3.34. The van der Waals surface area contributed by atoms with E-state index in [-0.39, 0.29) is 24.4 Å². The first-order valence-electron chi connectivity index (χ1n) is 8.10. The molecule has 0 saturated carbocycles. The Kier molecular flexibility index (Phi) is 4.81. The molecule has 2 aliphatic rings. The third-order valence-electron chi connectivity index (χ3n) is 4.59. The fourth-order valence-electron chi connectivity index (χ4n) is 3.34. The van der Waals surface area contributed by atoms with Crippen molar-refractivity contribution in [1.82, 2.24) is 15.1 Å². The number of benzene rings is 1. The summed E-state index contributed by atoms with van der Waals surface area (Å²) < 4.78 is 5.20. The zero-order valence-corrected chi connectivity index (χ0v) is 13.5. The number of nitrogens with one attached hydrogen (secondary N) is 1. The lowest BCUT2D eigenvalue weighted by Gasteiger charge is -2.30. The minimum Gasteiger partial charge on any atom is -0.497 e. The normalized spacial score (nSPS) is 22.0. The average Bonchev–Trinajstić information content (AvgIpc) is 3.03. The molecule has 0 spiro atoms. The molecule has 2 heterocycles. The number of ether oxygens (including phenoxy) is 1. The Morgan fingerprint density at radius 1 is 1.30 bits per heavy atom. The molecule has 0 aliphatic carbocycles. The van der Waals surface area contributed by atoms with Gasteiger partial charge in [-0.25, -0.2) is 0 Å². The fraction of sp³-hybridized carbons (Fsp3) is 0.529. The van der Waals surface area contributed by atoms with Crippen LogP contribution in [-0.2, 0) is 9.59 Å². The van der Waals surface area contributed by atoms with Crippen molar-refractivity contribution in [3.05, 3.63) is 29.8 Å². The van der Waals surface area contributed by atoms with Crippen LogP contribution < -0.4 is 10.1 Å². The Balaban J connectivity index is 1.64. The standard InChI is InChI=1S/C17H23N3O3/c1-23-14-6-4-13(5-7-14)15-3-2-9-19(15)12-17(22)20-10-8-18-16(21)11-20/h4-7,15H,2-3,8-12H2,1H3,(H,18,21)/t15-/m0/s1. The van der Waals surface area contributed by atoms with Crippen LogP contribution in [0.25, 0.3) is 0 Å². The van der Waals surface area contributed by atoms with Crippen molar-refractivity contribution in [1.29, 1.82) is 0 Å². The Bertz CT molecular complexity index is 573. The number of carbonyl (C=O) groups excluding carboxylic acids is 2. The van der Waals surface area contributed by atoms with E-state index in [1.807, 2.05) is 12.1 Å². The van der Waals surface area contributed by atoms with E-state index >= 15 is 0 Å². The minimum absolute atomic E-state index is 0.0419. The van der Waals surface area contributed by atoms with Crippen LogP contribution in [0.2, 0.25) is 0 Å². The molecule has 6 heteroatoms. The maximum absolute atomic E-state index is 12.5. The predicted octanol–water partition coefficient (Wildman–Crippen LogP) is 0.791. The lowest BCUT2D eigenvalue weighted by molar-refractivity contribution is -0.139. The van der Waals surface area contributed by atoms with Crippen LogP contribution in [0.3, 0.4) is 0 Å². The number of methoxy groups -OCH3 is 1. The van der Waals surface area contributed by atoms with Crippen LogP contribution in [0.5, 0.6) is 5.75 Å². The summed E-state index contributed by atoms with van der Waals surface area (Å²) in [6, 6.07) is 8.33. The van der Waals surface area contributed by atoms with Gasteiger partial charge < -0.3 is 15.0 Å². The first-order valence-corrected chi connectivity index (χ1v) is 8.10. The molecule has 0 radical (unpaired) electrons. The van der Waals surface area contributed by atoms with Gasteiger partial charge in [0.25, 0.3) is 0 Å². The topological polar surface area (TPSA) is 61.9 Å². The number of nitrogens with zero attached hydrogens (tertiary/aromatic N) is 2. The van der Waals surface area contributed by atoms with E-state index in [0.717, 1.165) is 25.1 Å². The second-order valence-corrected chi connectivity index (χ2v) is 6.07. The molecule has 0 unspecified atom stereocenters. The summed E-state index contributed by atoms with van der Waals surface area (Å²) in [6.07, 6.45) is 2.14. The van der Waals surface area contributed by atoms with Crippen molar-refractivity contribution in [3.63, 3.8) is 0 Å². The van der Waals surface area contributed by atoms with Gasteiger partial charge in [-0.15, -0.1) is 0 Å². The number of amides is 2. The number of hydrogen-bond donors (Lipinski definition) is 1. The summed E-state index contributed by atoms with van der Waals surface area (Å²) in [5.41, 5.74) is 1.22. The minimum atomic E-state index is -0.0715. The predicted molar refractivity (Wildman–Crippen MR) is 86.1 cm³/mol. The highest BCUT2D eigenvalue weighted by Crippen LogP contribution is 2.32. The van der Waals surface area contributed by atoms with Crippen molar-refractivity contribution >= 4 is 11.8 Å². The maximum atomic E-state index is 12.5. The monoisotopic (exact) mass is 317 g/mol. The van der Waals surface area contributed by atoms with Crippen molar-refractivity contribution in [2.24, 2.45) is 0 Å². The lowest BCUT2D eigenvalue weighted by Crippen LogP contribution is -2.52. The van der Waals surface area contributed by atoms with E-state index in [4.69, 9.17) is 4.74 Å². The summed E-state index contributed by atoms with van der Waals surface area (Å²) in [5.74, 6) is 0.812. The Hall–Kier alpha value is -2.08. The largest absolute Gasteiger partial charge is 0.497 e. The number of likely N-dealkylation sites (tertiary alicyclic amines) is 1. The van der Waals surface area contributed by atoms with Gasteiger partial charge in [-0.05, 0) is 37.1 Å². The molecule has 23 heavy (non-hydrogen) atoms. The van der Waals surface area contributed by atoms with E-state index in [9.17, 15) is 9.59 Å². The molecule has 1 aromatic rings. The van der Waals surface area contributed by atoms with Crippen LogP contribution in [0.15, 0.2) is 24.3 Å². The average molecular weight is 317 g/mol. The second-order valence-electron chi connectivity index (χ2n) is 6.07. The van der Waals surface area contributed by atoms with Crippen LogP contribution in [0.1, 0.15) is 24.4 Å². The van der Waals surface area contributed by atoms with Gasteiger partial charge in [-0.2, -0.15) is 0 Å². The lowest BCUT2D eigenvalue weighted by atomic mass is 10.0. The smallest absolute Gasteiger partial charge is 0.239 e. The van der Waals surface area contributed by atoms with E-state index < -0.39 is 0 Å². The molecule has 6 nitrogen and oxygen atoms in total. The summed E-state index contributed by atoms with van der Waals surface area (Å²) in [5, 5.41) is 2.75. The molecule has 1 aromatic carbocycles. The summed E-state index contributed by atoms with van der Waals surface area (Å²) >= 11 is 0. The van der Waals surface area contributed by atoms with Gasteiger partial charge in [0.15, 0.2) is 0 Å². The van der Waals surface area contributed by atoms with Gasteiger partial charge in [0.1, 0.15) is 5.75 Å². The molecule has 1 N–H and O–H groups in total. The van der Waals surface area contributed by atoms with E-state index in [0.29, 0.717) is 19.6 Å². The second kappa shape index (κ2) is 7.00. The third-order valence-corrected chi connectivity index (χ3v) is 4.59. The Morgan fingerprint density at radius 2 is 2.09 bits per heavy atom. The molecular formula is C17H23N3O3. The van der Waals surface area contributed by atoms with Gasteiger partial charge in [0, 0.05) is 19.1 Å². The molecule has 0 aromatic heterocycles. The molecule has 124 valence electrons. The van der Waals surface area contributed by atoms with E-state index in [1.54, 1.807) is 12.0 Å². The molecule has 0 bridgehead atoms. The molecule has 3 rings (SSSR count). The molecule has 2 amide bonds. The van der Waals surface area contributed by atoms with Gasteiger partial charge in [-0.1, -0.05) is 12.1 Å². The van der Waals surface area contributed by atoms with Gasteiger partial charge >= 0.3 is 0 Å². The first kappa shape index (κ1) is 15.8. The van der Waals surface area contributed by atoms with Gasteiger partial charge in [0.2, 0.25) is 11.8 Å². The Labute approximate surface area is 136 Å². The number of rotatable bonds is 4. The quantitative estimate of drug-likeness (QED) is 0.892. The van der Waals surface area contributed by atoms with Crippen LogP contribution in [-0.4, -0.2) is 61.4 Å². The molecule has 2 aliphatic heterocycles. The number of carbonyl (C=O) groups is 2. The van der Waals surface area contributed by atoms with Crippen molar-refractivity contribution in [3.8, 4) is 5.75 Å². The maximum Gasteiger partial charge on any atom is 0.239 e. The van der Waals surface area contributed by atoms with E-state index in [1.165, 1.54) is 5.56 Å².